The van der Waals surface area contributed by atoms with E-state index in [1.54, 1.807) is 18.3 Å². The van der Waals surface area contributed by atoms with Gasteiger partial charge >= 0.3 is 0 Å². The Morgan fingerprint density at radius 1 is 0.897 bits per heavy atom. The summed E-state index contributed by atoms with van der Waals surface area (Å²) in [5.74, 6) is -0.0846. The molecular formula is C32H37N5O2. The number of aromatic nitrogens is 2. The van der Waals surface area contributed by atoms with E-state index in [0.29, 0.717) is 16.7 Å². The van der Waals surface area contributed by atoms with E-state index >= 15 is 0 Å². The summed E-state index contributed by atoms with van der Waals surface area (Å²) >= 11 is 0. The van der Waals surface area contributed by atoms with Crippen LogP contribution in [0.4, 0.5) is 5.69 Å². The Hall–Kier alpha value is -3.74. The monoisotopic (exact) mass is 523 g/mol. The summed E-state index contributed by atoms with van der Waals surface area (Å²) < 4.78 is 0. The number of fused-ring (bicyclic) bond motifs is 1. The molecular weight excluding hydrogens is 486 g/mol. The predicted octanol–water partition coefficient (Wildman–Crippen LogP) is 5.15. The fraction of sp³-hybridized carbons (Fsp3) is 0.438. The number of rotatable bonds is 4. The molecule has 0 bridgehead atoms. The maximum atomic E-state index is 13.6. The largest absolute Gasteiger partial charge is 0.371 e. The van der Waals surface area contributed by atoms with Crippen LogP contribution in [0.1, 0.15) is 84.0 Å². The molecule has 1 atom stereocenters. The van der Waals surface area contributed by atoms with Gasteiger partial charge in [-0.05, 0) is 90.5 Å². The molecule has 1 aromatic carbocycles. The van der Waals surface area contributed by atoms with Gasteiger partial charge in [-0.2, -0.15) is 0 Å². The van der Waals surface area contributed by atoms with Crippen molar-refractivity contribution in [1.82, 2.24) is 20.2 Å². The van der Waals surface area contributed by atoms with Crippen molar-refractivity contribution < 1.29 is 9.59 Å². The van der Waals surface area contributed by atoms with Gasteiger partial charge in [0.1, 0.15) is 5.69 Å². The summed E-state index contributed by atoms with van der Waals surface area (Å²) in [4.78, 5) is 39.3. The number of benzene rings is 1. The van der Waals surface area contributed by atoms with Crippen LogP contribution < -0.4 is 10.2 Å². The van der Waals surface area contributed by atoms with E-state index in [0.717, 1.165) is 51.0 Å². The van der Waals surface area contributed by atoms with Gasteiger partial charge in [0.15, 0.2) is 0 Å². The number of amides is 2. The Labute approximate surface area is 230 Å². The van der Waals surface area contributed by atoms with E-state index in [9.17, 15) is 9.59 Å². The maximum Gasteiger partial charge on any atom is 0.270 e. The molecule has 1 spiro atoms. The highest BCUT2D eigenvalue weighted by atomic mass is 16.2. The molecule has 2 aliphatic heterocycles. The summed E-state index contributed by atoms with van der Waals surface area (Å²) in [6.07, 6.45) is 10.6. The van der Waals surface area contributed by atoms with Crippen molar-refractivity contribution in [2.75, 3.05) is 31.1 Å². The Kier molecular flexibility index (Phi) is 6.61. The molecule has 3 aromatic rings. The number of piperidine rings is 2. The SMILES string of the molecule is CC1(C)CC(NC(=O)c2ccccn2)c2cc(C(=O)N3CCC4(CC3)CCN(c3ccncc3)CC4)ccc21. The first-order chi connectivity index (χ1) is 18.8. The molecule has 1 aliphatic carbocycles. The molecule has 2 amide bonds. The minimum atomic E-state index is -0.183. The highest BCUT2D eigenvalue weighted by molar-refractivity contribution is 5.95. The summed E-state index contributed by atoms with van der Waals surface area (Å²) in [6, 6.07) is 15.5. The second-order valence-electron chi connectivity index (χ2n) is 12.1. The summed E-state index contributed by atoms with van der Waals surface area (Å²) in [6.45, 7) is 8.12. The predicted molar refractivity (Wildman–Crippen MR) is 152 cm³/mol. The molecule has 6 rings (SSSR count). The number of hydrogen-bond donors (Lipinski definition) is 1. The number of hydrogen-bond acceptors (Lipinski definition) is 5. The average Bonchev–Trinajstić information content (AvgIpc) is 3.23. The van der Waals surface area contributed by atoms with Crippen molar-refractivity contribution in [1.29, 1.82) is 0 Å². The van der Waals surface area contributed by atoms with Gasteiger partial charge < -0.3 is 15.1 Å². The first kappa shape index (κ1) is 25.5. The molecule has 1 unspecified atom stereocenters. The minimum Gasteiger partial charge on any atom is -0.371 e. The molecule has 1 N–H and O–H groups in total. The topological polar surface area (TPSA) is 78.4 Å². The smallest absolute Gasteiger partial charge is 0.270 e. The zero-order valence-electron chi connectivity index (χ0n) is 22.9. The lowest BCUT2D eigenvalue weighted by molar-refractivity contribution is 0.0515. The van der Waals surface area contributed by atoms with E-state index in [4.69, 9.17) is 0 Å². The first-order valence-corrected chi connectivity index (χ1v) is 14.1. The Balaban J connectivity index is 1.12. The standard InChI is InChI=1S/C32H37N5O2/c1-31(2)22-28(35-29(38)27-5-3-4-14-34-27)25-21-23(6-7-26(25)31)30(39)37-19-12-32(13-20-37)10-17-36(18-11-32)24-8-15-33-16-9-24/h3-9,14-16,21,28H,10-13,17-20,22H2,1-2H3,(H,35,38). The third-order valence-corrected chi connectivity index (χ3v) is 9.28. The molecule has 3 aliphatic rings. The summed E-state index contributed by atoms with van der Waals surface area (Å²) in [5, 5.41) is 3.17. The van der Waals surface area contributed by atoms with Gasteiger partial charge in [0.25, 0.3) is 11.8 Å². The zero-order chi connectivity index (χ0) is 27.0. The average molecular weight is 524 g/mol. The van der Waals surface area contributed by atoms with Gasteiger partial charge in [-0.3, -0.25) is 19.6 Å². The third kappa shape index (κ3) is 5.02. The number of likely N-dealkylation sites (tertiary alicyclic amines) is 1. The molecule has 2 saturated heterocycles. The van der Waals surface area contributed by atoms with Crippen molar-refractivity contribution in [2.24, 2.45) is 5.41 Å². The van der Waals surface area contributed by atoms with Gasteiger partial charge in [-0.1, -0.05) is 26.0 Å². The fourth-order valence-electron chi connectivity index (χ4n) is 6.85. The molecule has 202 valence electrons. The zero-order valence-corrected chi connectivity index (χ0v) is 22.9. The van der Waals surface area contributed by atoms with Crippen LogP contribution in [-0.2, 0) is 5.41 Å². The lowest BCUT2D eigenvalue weighted by Gasteiger charge is -2.47. The van der Waals surface area contributed by atoms with E-state index in [1.807, 2.05) is 35.5 Å². The van der Waals surface area contributed by atoms with Crippen LogP contribution in [-0.4, -0.2) is 52.9 Å². The van der Waals surface area contributed by atoms with E-state index < -0.39 is 0 Å². The number of nitrogens with zero attached hydrogens (tertiary/aromatic N) is 4. The van der Waals surface area contributed by atoms with Crippen LogP contribution >= 0.6 is 0 Å². The number of carbonyl (C=O) groups excluding carboxylic acids is 2. The van der Waals surface area contributed by atoms with Gasteiger partial charge in [-0.25, -0.2) is 0 Å². The molecule has 2 fully saturated rings. The van der Waals surface area contributed by atoms with Crippen LogP contribution in [0.15, 0.2) is 67.1 Å². The van der Waals surface area contributed by atoms with E-state index in [1.165, 1.54) is 24.1 Å². The van der Waals surface area contributed by atoms with Crippen LogP contribution in [0.2, 0.25) is 0 Å². The molecule has 0 saturated carbocycles. The van der Waals surface area contributed by atoms with Crippen molar-refractivity contribution >= 4 is 17.5 Å². The lowest BCUT2D eigenvalue weighted by atomic mass is 9.71. The van der Waals surface area contributed by atoms with Crippen molar-refractivity contribution in [3.8, 4) is 0 Å². The molecule has 39 heavy (non-hydrogen) atoms. The summed E-state index contributed by atoms with van der Waals surface area (Å²) in [7, 11) is 0. The van der Waals surface area contributed by atoms with Gasteiger partial charge in [0, 0.05) is 56.0 Å². The lowest BCUT2D eigenvalue weighted by Crippen LogP contribution is -2.48. The summed E-state index contributed by atoms with van der Waals surface area (Å²) in [5.41, 5.74) is 4.87. The van der Waals surface area contributed by atoms with E-state index in [2.05, 4.69) is 52.2 Å². The Morgan fingerprint density at radius 2 is 1.62 bits per heavy atom. The van der Waals surface area contributed by atoms with Crippen molar-refractivity contribution in [2.45, 2.75) is 57.4 Å². The van der Waals surface area contributed by atoms with Crippen LogP contribution in [0.3, 0.4) is 0 Å². The highest BCUT2D eigenvalue weighted by Crippen LogP contribution is 2.46. The fourth-order valence-corrected chi connectivity index (χ4v) is 6.85. The van der Waals surface area contributed by atoms with Crippen LogP contribution in [0.5, 0.6) is 0 Å². The van der Waals surface area contributed by atoms with Crippen LogP contribution in [0, 0.1) is 5.41 Å². The number of nitrogens with one attached hydrogen (secondary N) is 1. The second-order valence-corrected chi connectivity index (χ2v) is 12.1. The third-order valence-electron chi connectivity index (χ3n) is 9.28. The Morgan fingerprint density at radius 3 is 2.31 bits per heavy atom. The van der Waals surface area contributed by atoms with Gasteiger partial charge in [0.05, 0.1) is 6.04 Å². The quantitative estimate of drug-likeness (QED) is 0.512. The van der Waals surface area contributed by atoms with Gasteiger partial charge in [-0.15, -0.1) is 0 Å². The molecule has 7 nitrogen and oxygen atoms in total. The highest BCUT2D eigenvalue weighted by Gasteiger charge is 2.40. The normalized spacial score (nSPS) is 21.4. The molecule has 4 heterocycles. The molecule has 0 radical (unpaired) electrons. The van der Waals surface area contributed by atoms with Gasteiger partial charge in [0.2, 0.25) is 0 Å². The first-order valence-electron chi connectivity index (χ1n) is 14.1. The minimum absolute atomic E-state index is 0.0817. The number of anilines is 1. The Bertz CT molecular complexity index is 1340. The van der Waals surface area contributed by atoms with Crippen molar-refractivity contribution in [3.63, 3.8) is 0 Å². The number of pyridine rings is 2. The maximum absolute atomic E-state index is 13.6. The van der Waals surface area contributed by atoms with E-state index in [-0.39, 0.29) is 23.3 Å². The second kappa shape index (κ2) is 10.1. The van der Waals surface area contributed by atoms with Crippen LogP contribution in [0.25, 0.3) is 0 Å². The van der Waals surface area contributed by atoms with Crippen molar-refractivity contribution in [3.05, 3.63) is 89.5 Å². The molecule has 7 heteroatoms. The number of carbonyl (C=O) groups is 2. The molecule has 2 aromatic heterocycles.